The molecule has 0 unspecified atom stereocenters. The van der Waals surface area contributed by atoms with Crippen molar-refractivity contribution in [1.82, 2.24) is 26.6 Å². The van der Waals surface area contributed by atoms with Crippen LogP contribution in [0.4, 0.5) is 13.6 Å². The van der Waals surface area contributed by atoms with Gasteiger partial charge in [-0.05, 0) is 55.2 Å². The van der Waals surface area contributed by atoms with Crippen LogP contribution < -0.4 is 26.6 Å². The third-order valence-electron chi connectivity index (χ3n) is 7.14. The molecule has 248 valence electrons. The van der Waals surface area contributed by atoms with Gasteiger partial charge in [0.15, 0.2) is 0 Å². The Bertz CT molecular complexity index is 1450. The Hall–Kier alpha value is -4.39. The van der Waals surface area contributed by atoms with Gasteiger partial charge in [0.05, 0.1) is 19.3 Å². The summed E-state index contributed by atoms with van der Waals surface area (Å²) in [5.41, 5.74) is 2.65. The molecule has 0 saturated heterocycles. The van der Waals surface area contributed by atoms with Gasteiger partial charge in [0.25, 0.3) is 0 Å². The van der Waals surface area contributed by atoms with E-state index in [1.165, 1.54) is 6.07 Å². The fourth-order valence-electron chi connectivity index (χ4n) is 4.60. The number of β-amino-alcohol motifs (C(OH)–C–C–N with tert-alkyl or cyclic N) is 1. The van der Waals surface area contributed by atoms with Crippen molar-refractivity contribution in [2.24, 2.45) is 0 Å². The second-order valence-corrected chi connectivity index (χ2v) is 11.6. The SMILES string of the molecule is CNC(=O)NCc1ccccc1-c1ccc(CNC(=O)[C@@H](COCc2c(F)cccc2F)NC(=O)CC(C)(C)NC[C@@H](C)O)cc1. The summed E-state index contributed by atoms with van der Waals surface area (Å²) in [4.78, 5) is 37.8. The van der Waals surface area contributed by atoms with Crippen molar-refractivity contribution in [2.75, 3.05) is 20.2 Å². The molecular weight excluding hydrogens is 596 g/mol. The molecule has 12 heteroatoms. The van der Waals surface area contributed by atoms with E-state index in [-0.39, 0.29) is 37.7 Å². The highest BCUT2D eigenvalue weighted by molar-refractivity contribution is 5.88. The molecular formula is C34H43F2N5O5. The maximum atomic E-state index is 14.1. The van der Waals surface area contributed by atoms with Crippen LogP contribution in [-0.2, 0) is 34.0 Å². The lowest BCUT2D eigenvalue weighted by molar-refractivity contribution is -0.131. The Kier molecular flexibility index (Phi) is 13.6. The van der Waals surface area contributed by atoms with Gasteiger partial charge in [-0.1, -0.05) is 54.6 Å². The van der Waals surface area contributed by atoms with Crippen molar-refractivity contribution in [1.29, 1.82) is 0 Å². The minimum absolute atomic E-state index is 0.00693. The topological polar surface area (TPSA) is 141 Å². The minimum atomic E-state index is -1.14. The number of amides is 4. The summed E-state index contributed by atoms with van der Waals surface area (Å²) < 4.78 is 33.7. The second-order valence-electron chi connectivity index (χ2n) is 11.6. The van der Waals surface area contributed by atoms with Crippen LogP contribution in [0.1, 0.15) is 43.9 Å². The molecule has 4 amide bonds. The zero-order chi connectivity index (χ0) is 33.7. The summed E-state index contributed by atoms with van der Waals surface area (Å²) in [5, 5.41) is 23.5. The summed E-state index contributed by atoms with van der Waals surface area (Å²) in [6.45, 7) is 5.23. The lowest BCUT2D eigenvalue weighted by Crippen LogP contribution is -2.52. The lowest BCUT2D eigenvalue weighted by atomic mass is 9.98. The number of nitrogens with one attached hydrogen (secondary N) is 5. The fraction of sp³-hybridized carbons (Fsp3) is 0.382. The Morgan fingerprint density at radius 1 is 0.913 bits per heavy atom. The van der Waals surface area contributed by atoms with Gasteiger partial charge in [0.2, 0.25) is 11.8 Å². The van der Waals surface area contributed by atoms with Crippen molar-refractivity contribution in [3.8, 4) is 11.1 Å². The number of carbonyl (C=O) groups excluding carboxylic acids is 3. The molecule has 0 radical (unpaired) electrons. The standard InChI is InChI=1S/C34H43F2N5O5/c1-22(42)17-40-34(2,3)16-31(43)41-30(21-46-20-27-28(35)10-7-11-29(27)36)32(44)38-18-23-12-14-24(15-13-23)26-9-6-5-8-25(26)19-39-33(45)37-4/h5-15,22,30,40,42H,16-21H2,1-4H3,(H,38,44)(H,41,43)(H2,37,39,45)/t22-,30-/m1/s1. The van der Waals surface area contributed by atoms with Crippen molar-refractivity contribution in [3.63, 3.8) is 0 Å². The maximum Gasteiger partial charge on any atom is 0.314 e. The number of rotatable bonds is 16. The summed E-state index contributed by atoms with van der Waals surface area (Å²) in [6.07, 6.45) is -0.615. The first-order valence-electron chi connectivity index (χ1n) is 15.0. The molecule has 3 aromatic carbocycles. The minimum Gasteiger partial charge on any atom is -0.392 e. The Balaban J connectivity index is 1.66. The first kappa shape index (κ1) is 36.1. The molecule has 0 spiro atoms. The monoisotopic (exact) mass is 639 g/mol. The molecule has 10 nitrogen and oxygen atoms in total. The van der Waals surface area contributed by atoms with E-state index in [9.17, 15) is 28.3 Å². The molecule has 0 bridgehead atoms. The predicted molar refractivity (Wildman–Crippen MR) is 171 cm³/mol. The first-order chi connectivity index (χ1) is 21.9. The summed E-state index contributed by atoms with van der Waals surface area (Å²) >= 11 is 0. The van der Waals surface area contributed by atoms with E-state index in [1.807, 2.05) is 48.5 Å². The number of urea groups is 1. The van der Waals surface area contributed by atoms with Crippen LogP contribution in [0.25, 0.3) is 11.1 Å². The normalized spacial score (nSPS) is 12.6. The van der Waals surface area contributed by atoms with E-state index < -0.39 is 47.7 Å². The molecule has 0 fully saturated rings. The molecule has 46 heavy (non-hydrogen) atoms. The van der Waals surface area contributed by atoms with E-state index in [0.717, 1.165) is 34.4 Å². The zero-order valence-corrected chi connectivity index (χ0v) is 26.6. The fourth-order valence-corrected chi connectivity index (χ4v) is 4.60. The highest BCUT2D eigenvalue weighted by Gasteiger charge is 2.26. The van der Waals surface area contributed by atoms with Crippen LogP contribution in [0.15, 0.2) is 66.7 Å². The third kappa shape index (κ3) is 11.5. The Labute approximate surface area is 268 Å². The molecule has 3 rings (SSSR count). The van der Waals surface area contributed by atoms with Crippen LogP contribution in [0.5, 0.6) is 0 Å². The van der Waals surface area contributed by atoms with E-state index >= 15 is 0 Å². The molecule has 6 N–H and O–H groups in total. The molecule has 2 atom stereocenters. The van der Waals surface area contributed by atoms with Gasteiger partial charge in [-0.15, -0.1) is 0 Å². The molecule has 3 aromatic rings. The van der Waals surface area contributed by atoms with E-state index in [0.29, 0.717) is 6.54 Å². The van der Waals surface area contributed by atoms with Crippen molar-refractivity contribution < 1.29 is 33.0 Å². The van der Waals surface area contributed by atoms with Gasteiger partial charge in [0.1, 0.15) is 17.7 Å². The average molecular weight is 640 g/mol. The number of halogens is 2. The summed E-state index contributed by atoms with van der Waals surface area (Å²) in [7, 11) is 1.55. The van der Waals surface area contributed by atoms with Crippen molar-refractivity contribution in [2.45, 2.75) is 64.6 Å². The number of benzene rings is 3. The van der Waals surface area contributed by atoms with Crippen LogP contribution >= 0.6 is 0 Å². The maximum absolute atomic E-state index is 14.1. The largest absolute Gasteiger partial charge is 0.392 e. The Morgan fingerprint density at radius 2 is 1.59 bits per heavy atom. The molecule has 0 heterocycles. The van der Waals surface area contributed by atoms with Crippen LogP contribution in [0.3, 0.4) is 0 Å². The number of aliphatic hydroxyl groups excluding tert-OH is 1. The van der Waals surface area contributed by atoms with Crippen LogP contribution in [0.2, 0.25) is 0 Å². The lowest BCUT2D eigenvalue weighted by Gasteiger charge is -2.28. The quantitative estimate of drug-likeness (QED) is 0.142. The molecule has 0 aliphatic carbocycles. The van der Waals surface area contributed by atoms with Crippen LogP contribution in [-0.4, -0.2) is 60.8 Å². The Morgan fingerprint density at radius 3 is 2.24 bits per heavy atom. The zero-order valence-electron chi connectivity index (χ0n) is 26.6. The number of hydrogen-bond acceptors (Lipinski definition) is 6. The molecule has 0 aliphatic rings. The smallest absolute Gasteiger partial charge is 0.314 e. The third-order valence-corrected chi connectivity index (χ3v) is 7.14. The predicted octanol–water partition coefficient (Wildman–Crippen LogP) is 3.52. The van der Waals surface area contributed by atoms with Gasteiger partial charge in [-0.2, -0.15) is 0 Å². The molecule has 0 aromatic heterocycles. The molecule has 0 saturated carbocycles. The number of ether oxygens (including phenoxy) is 1. The van der Waals surface area contributed by atoms with Gasteiger partial charge >= 0.3 is 6.03 Å². The van der Waals surface area contributed by atoms with E-state index in [1.54, 1.807) is 27.8 Å². The van der Waals surface area contributed by atoms with Gasteiger partial charge in [0, 0.05) is 44.2 Å². The second kappa shape index (κ2) is 17.3. The van der Waals surface area contributed by atoms with Crippen molar-refractivity contribution >= 4 is 17.8 Å². The van der Waals surface area contributed by atoms with Crippen molar-refractivity contribution in [3.05, 3.63) is 95.1 Å². The van der Waals surface area contributed by atoms with E-state index in [2.05, 4.69) is 26.6 Å². The van der Waals surface area contributed by atoms with Gasteiger partial charge in [-0.25, -0.2) is 13.6 Å². The number of aliphatic hydroxyl groups is 1. The highest BCUT2D eigenvalue weighted by Crippen LogP contribution is 2.24. The van der Waals surface area contributed by atoms with Crippen LogP contribution in [0, 0.1) is 11.6 Å². The highest BCUT2D eigenvalue weighted by atomic mass is 19.1. The van der Waals surface area contributed by atoms with Gasteiger partial charge in [-0.3, -0.25) is 9.59 Å². The number of hydrogen-bond donors (Lipinski definition) is 6. The summed E-state index contributed by atoms with van der Waals surface area (Å²) in [6, 6.07) is 17.3. The number of carbonyl (C=O) groups is 3. The first-order valence-corrected chi connectivity index (χ1v) is 15.0. The summed E-state index contributed by atoms with van der Waals surface area (Å²) in [5.74, 6) is -2.53. The molecule has 0 aliphatic heterocycles. The van der Waals surface area contributed by atoms with E-state index in [4.69, 9.17) is 4.74 Å². The van der Waals surface area contributed by atoms with Gasteiger partial charge < -0.3 is 36.4 Å². The average Bonchev–Trinajstić information content (AvgIpc) is 3.02.